The number of nitrogens with zero attached hydrogens (tertiary/aromatic N) is 3. The molecule has 4 saturated heterocycles. The maximum Gasteiger partial charge on any atom is 0.106 e. The number of rotatable bonds is 0. The van der Waals surface area contributed by atoms with Crippen LogP contribution in [0.25, 0.3) is 0 Å². The Hall–Kier alpha value is -0.590. The lowest BCUT2D eigenvalue weighted by molar-refractivity contribution is -0.102. The van der Waals surface area contributed by atoms with Gasteiger partial charge in [-0.1, -0.05) is 6.42 Å². The minimum Gasteiger partial charge on any atom is -0.300 e. The molecule has 0 aliphatic carbocycles. The second kappa shape index (κ2) is 4.71. The molecule has 0 aromatic carbocycles. The monoisotopic (exact) mass is 273 g/mol. The fourth-order valence-electron chi connectivity index (χ4n) is 5.69. The van der Waals surface area contributed by atoms with Gasteiger partial charge in [0.2, 0.25) is 0 Å². The smallest absolute Gasteiger partial charge is 0.106 e. The van der Waals surface area contributed by atoms with Crippen molar-refractivity contribution in [2.45, 2.75) is 69.5 Å². The molecule has 0 N–H and O–H groups in total. The molecule has 4 heterocycles. The predicted octanol–water partition coefficient (Wildman–Crippen LogP) is 2.63. The summed E-state index contributed by atoms with van der Waals surface area (Å²) in [5.41, 5.74) is -0.184. The summed E-state index contributed by atoms with van der Waals surface area (Å²) in [6.07, 6.45) is 9.31. The fraction of sp³-hybridized carbons (Fsp3) is 0.941. The third-order valence-electron chi connectivity index (χ3n) is 6.70. The molecular weight excluding hydrogens is 246 g/mol. The van der Waals surface area contributed by atoms with Gasteiger partial charge in [0.05, 0.1) is 6.07 Å². The van der Waals surface area contributed by atoms with Crippen molar-refractivity contribution in [1.82, 2.24) is 9.80 Å². The first-order valence-corrected chi connectivity index (χ1v) is 8.63. The zero-order valence-electron chi connectivity index (χ0n) is 12.7. The Morgan fingerprint density at radius 3 is 2.70 bits per heavy atom. The average Bonchev–Trinajstić information content (AvgIpc) is 2.49. The summed E-state index contributed by atoms with van der Waals surface area (Å²) in [7, 11) is 0. The van der Waals surface area contributed by atoms with Gasteiger partial charge in [0.1, 0.15) is 5.54 Å². The van der Waals surface area contributed by atoms with Gasteiger partial charge < -0.3 is 0 Å². The number of hydrogen-bond donors (Lipinski definition) is 0. The quantitative estimate of drug-likeness (QED) is 0.679. The van der Waals surface area contributed by atoms with E-state index in [4.69, 9.17) is 0 Å². The largest absolute Gasteiger partial charge is 0.300 e. The van der Waals surface area contributed by atoms with Crippen LogP contribution in [0.1, 0.15) is 51.9 Å². The highest BCUT2D eigenvalue weighted by molar-refractivity contribution is 5.13. The Morgan fingerprint density at radius 1 is 1.05 bits per heavy atom. The summed E-state index contributed by atoms with van der Waals surface area (Å²) in [5, 5.41) is 9.68. The zero-order valence-corrected chi connectivity index (χ0v) is 12.7. The molecule has 4 rings (SSSR count). The Bertz CT molecular complexity index is 428. The zero-order chi connectivity index (χ0) is 13.7. The molecule has 4 aliphatic rings. The summed E-state index contributed by atoms with van der Waals surface area (Å²) in [6, 6.07) is 4.17. The topological polar surface area (TPSA) is 30.3 Å². The van der Waals surface area contributed by atoms with Crippen LogP contribution in [0.5, 0.6) is 0 Å². The van der Waals surface area contributed by atoms with E-state index in [0.717, 1.165) is 24.3 Å². The van der Waals surface area contributed by atoms with Crippen LogP contribution in [-0.2, 0) is 0 Å². The molecule has 110 valence electrons. The molecule has 3 nitrogen and oxygen atoms in total. The van der Waals surface area contributed by atoms with Crippen molar-refractivity contribution < 1.29 is 0 Å². The van der Waals surface area contributed by atoms with Crippen LogP contribution in [0.4, 0.5) is 0 Å². The molecule has 0 amide bonds. The van der Waals surface area contributed by atoms with Crippen molar-refractivity contribution in [2.24, 2.45) is 11.8 Å². The van der Waals surface area contributed by atoms with Crippen molar-refractivity contribution >= 4 is 0 Å². The van der Waals surface area contributed by atoms with Crippen LogP contribution < -0.4 is 0 Å². The molecule has 5 atom stereocenters. The molecule has 3 heteroatoms. The fourth-order valence-corrected chi connectivity index (χ4v) is 5.69. The van der Waals surface area contributed by atoms with Crippen molar-refractivity contribution in [2.75, 3.05) is 19.6 Å². The molecule has 2 bridgehead atoms. The second-order valence-electron chi connectivity index (χ2n) is 7.81. The predicted molar refractivity (Wildman–Crippen MR) is 79.2 cm³/mol. The van der Waals surface area contributed by atoms with Crippen molar-refractivity contribution in [1.29, 1.82) is 5.26 Å². The molecular formula is C17H27N3. The van der Waals surface area contributed by atoms with Crippen molar-refractivity contribution in [3.05, 3.63) is 0 Å². The molecule has 1 unspecified atom stereocenters. The summed E-state index contributed by atoms with van der Waals surface area (Å²) < 4.78 is 0. The maximum absolute atomic E-state index is 9.68. The van der Waals surface area contributed by atoms with E-state index in [9.17, 15) is 5.26 Å². The Kier molecular flexibility index (Phi) is 3.09. The van der Waals surface area contributed by atoms with Gasteiger partial charge in [-0.05, 0) is 63.8 Å². The average molecular weight is 273 g/mol. The highest BCUT2D eigenvalue weighted by Gasteiger charge is 2.51. The highest BCUT2D eigenvalue weighted by atomic mass is 15.3. The Morgan fingerprint density at radius 2 is 1.85 bits per heavy atom. The van der Waals surface area contributed by atoms with Gasteiger partial charge in [-0.15, -0.1) is 0 Å². The first-order chi connectivity index (χ1) is 9.71. The van der Waals surface area contributed by atoms with Crippen LogP contribution in [0.3, 0.4) is 0 Å². The van der Waals surface area contributed by atoms with Crippen LogP contribution in [0, 0.1) is 23.2 Å². The van der Waals surface area contributed by atoms with Gasteiger partial charge in [-0.3, -0.25) is 9.80 Å². The van der Waals surface area contributed by atoms with Gasteiger partial charge in [-0.2, -0.15) is 5.26 Å². The van der Waals surface area contributed by atoms with Crippen LogP contribution in [0.2, 0.25) is 0 Å². The first-order valence-electron chi connectivity index (χ1n) is 8.63. The summed E-state index contributed by atoms with van der Waals surface area (Å²) >= 11 is 0. The van der Waals surface area contributed by atoms with E-state index < -0.39 is 0 Å². The minimum atomic E-state index is -0.184. The number of fused-ring (bicyclic) bond motifs is 6. The lowest BCUT2D eigenvalue weighted by Gasteiger charge is -2.60. The standard InChI is InChI=1S/C17H27N3/c1-17(12-18)7-4-6-16-13-9-14(11-20(16)17)15-5-2-3-8-19(15)10-13/h13-16H,2-11H2,1H3/t13-,14-,15-,16+,17?/m0/s1. The Balaban J connectivity index is 1.62. The second-order valence-corrected chi connectivity index (χ2v) is 7.81. The van der Waals surface area contributed by atoms with E-state index in [1.807, 2.05) is 0 Å². The number of hydrogen-bond acceptors (Lipinski definition) is 3. The van der Waals surface area contributed by atoms with Crippen molar-refractivity contribution in [3.8, 4) is 6.07 Å². The minimum absolute atomic E-state index is 0.184. The van der Waals surface area contributed by atoms with Crippen molar-refractivity contribution in [3.63, 3.8) is 0 Å². The van der Waals surface area contributed by atoms with Crippen LogP contribution >= 0.6 is 0 Å². The lowest BCUT2D eigenvalue weighted by atomic mass is 9.68. The van der Waals surface area contributed by atoms with Gasteiger partial charge in [0.25, 0.3) is 0 Å². The third kappa shape index (κ3) is 1.84. The SMILES string of the molecule is CC1(C#N)CCC[C@@H]2[C@H]3C[C@@H](CN21)[C@@H]1CCCCN1C3. The normalized spacial score (nSPS) is 49.0. The van der Waals surface area contributed by atoms with E-state index in [1.54, 1.807) is 0 Å². The number of piperidine rings is 4. The van der Waals surface area contributed by atoms with Gasteiger partial charge in [0, 0.05) is 25.2 Å². The van der Waals surface area contributed by atoms with Gasteiger partial charge in [-0.25, -0.2) is 0 Å². The van der Waals surface area contributed by atoms with E-state index in [2.05, 4.69) is 22.8 Å². The molecule has 0 aromatic rings. The molecule has 20 heavy (non-hydrogen) atoms. The molecule has 0 spiro atoms. The van der Waals surface area contributed by atoms with Gasteiger partial charge >= 0.3 is 0 Å². The number of nitriles is 1. The lowest BCUT2D eigenvalue weighted by Crippen LogP contribution is -2.67. The van der Waals surface area contributed by atoms with E-state index in [-0.39, 0.29) is 5.54 Å². The molecule has 0 radical (unpaired) electrons. The molecule has 4 fully saturated rings. The summed E-state index contributed by atoms with van der Waals surface area (Å²) in [4.78, 5) is 5.43. The molecule has 4 aliphatic heterocycles. The third-order valence-corrected chi connectivity index (χ3v) is 6.70. The molecule has 0 saturated carbocycles. The summed E-state index contributed by atoms with van der Waals surface area (Å²) in [6.45, 7) is 6.02. The van der Waals surface area contributed by atoms with Gasteiger partial charge in [0.15, 0.2) is 0 Å². The highest BCUT2D eigenvalue weighted by Crippen LogP contribution is 2.46. The van der Waals surface area contributed by atoms with E-state index >= 15 is 0 Å². The van der Waals surface area contributed by atoms with Crippen LogP contribution in [0.15, 0.2) is 0 Å². The van der Waals surface area contributed by atoms with E-state index in [0.29, 0.717) is 6.04 Å². The first kappa shape index (κ1) is 13.1. The summed E-state index contributed by atoms with van der Waals surface area (Å²) in [5.74, 6) is 1.66. The van der Waals surface area contributed by atoms with E-state index in [1.165, 1.54) is 58.2 Å². The molecule has 0 aromatic heterocycles. The maximum atomic E-state index is 9.68. The Labute approximate surface area is 122 Å². The van der Waals surface area contributed by atoms with Crippen LogP contribution in [-0.4, -0.2) is 47.1 Å².